The van der Waals surface area contributed by atoms with Crippen molar-refractivity contribution < 1.29 is 4.74 Å². The molecule has 0 aliphatic carbocycles. The van der Waals surface area contributed by atoms with Gasteiger partial charge < -0.3 is 10.1 Å². The molecule has 2 saturated heterocycles. The van der Waals surface area contributed by atoms with Crippen molar-refractivity contribution in [2.45, 2.75) is 53.5 Å². The number of ether oxygens (including phenoxy) is 1. The van der Waals surface area contributed by atoms with E-state index in [1.54, 1.807) is 5.56 Å². The lowest BCUT2D eigenvalue weighted by molar-refractivity contribution is 0.0209. The number of nitrogens with one attached hydrogen (secondary N) is 1. The van der Waals surface area contributed by atoms with Gasteiger partial charge in [0.25, 0.3) is 0 Å². The second-order valence-corrected chi connectivity index (χ2v) is 7.72. The van der Waals surface area contributed by atoms with Crippen LogP contribution in [0.4, 0.5) is 0 Å². The zero-order valence-electron chi connectivity index (χ0n) is 16.2. The van der Waals surface area contributed by atoms with E-state index in [-0.39, 0.29) is 0 Å². The molecule has 3 heteroatoms. The molecule has 2 aliphatic heterocycles. The smallest absolute Gasteiger partial charge is 0.0469 e. The van der Waals surface area contributed by atoms with Crippen molar-refractivity contribution in [3.8, 4) is 0 Å². The Balaban J connectivity index is 2.07. The number of rotatable bonds is 3. The molecule has 0 spiro atoms. The van der Waals surface area contributed by atoms with Crippen LogP contribution in [-0.4, -0.2) is 44.3 Å². The molecule has 0 amide bonds. The van der Waals surface area contributed by atoms with E-state index in [1.165, 1.54) is 40.7 Å². The predicted octanol–water partition coefficient (Wildman–Crippen LogP) is 3.60. The summed E-state index contributed by atoms with van der Waals surface area (Å²) in [5, 5.41) is 3.52. The van der Waals surface area contributed by atoms with Crippen molar-refractivity contribution in [1.82, 2.24) is 10.2 Å². The van der Waals surface area contributed by atoms with Crippen molar-refractivity contribution in [2.24, 2.45) is 5.92 Å². The molecule has 1 aromatic rings. The van der Waals surface area contributed by atoms with Gasteiger partial charge in [0.15, 0.2) is 0 Å². The van der Waals surface area contributed by atoms with E-state index >= 15 is 0 Å². The Kier molecular flexibility index (Phi) is 5.63. The van der Waals surface area contributed by atoms with Crippen LogP contribution in [0.3, 0.4) is 0 Å². The Labute approximate surface area is 147 Å². The van der Waals surface area contributed by atoms with Gasteiger partial charge in [-0.3, -0.25) is 4.90 Å². The first-order chi connectivity index (χ1) is 11.5. The van der Waals surface area contributed by atoms with Gasteiger partial charge in [-0.05, 0) is 86.8 Å². The Morgan fingerprint density at radius 3 is 1.88 bits per heavy atom. The minimum atomic E-state index is 0.550. The van der Waals surface area contributed by atoms with E-state index < -0.39 is 0 Å². The number of nitrogens with zero attached hydrogens (tertiary/aromatic N) is 1. The van der Waals surface area contributed by atoms with Gasteiger partial charge in [0.2, 0.25) is 0 Å². The minimum absolute atomic E-state index is 0.550. The first-order valence-electron chi connectivity index (χ1n) is 9.61. The number of benzene rings is 1. The maximum absolute atomic E-state index is 5.67. The Bertz CT molecular complexity index is 537. The maximum atomic E-state index is 5.67. The van der Waals surface area contributed by atoms with Crippen LogP contribution in [0.1, 0.15) is 52.3 Å². The highest BCUT2D eigenvalue weighted by Gasteiger charge is 2.34. The lowest BCUT2D eigenvalue weighted by Gasteiger charge is -2.43. The molecule has 1 atom stereocenters. The summed E-state index contributed by atoms with van der Waals surface area (Å²) in [5.74, 6) is 0.718. The number of piperazine rings is 1. The van der Waals surface area contributed by atoms with Gasteiger partial charge in [0.1, 0.15) is 0 Å². The molecular formula is C21H34N2O. The molecule has 1 aromatic carbocycles. The van der Waals surface area contributed by atoms with Crippen LogP contribution < -0.4 is 5.32 Å². The van der Waals surface area contributed by atoms with Crippen molar-refractivity contribution in [2.75, 3.05) is 39.4 Å². The molecule has 134 valence electrons. The van der Waals surface area contributed by atoms with E-state index in [2.05, 4.69) is 44.8 Å². The van der Waals surface area contributed by atoms with E-state index in [1.807, 2.05) is 0 Å². The van der Waals surface area contributed by atoms with E-state index in [0.717, 1.165) is 45.3 Å². The third kappa shape index (κ3) is 3.26. The molecule has 0 bridgehead atoms. The fourth-order valence-corrected chi connectivity index (χ4v) is 4.68. The fourth-order valence-electron chi connectivity index (χ4n) is 4.68. The molecule has 3 nitrogen and oxygen atoms in total. The van der Waals surface area contributed by atoms with Gasteiger partial charge in [-0.15, -0.1) is 0 Å². The molecule has 3 rings (SSSR count). The summed E-state index contributed by atoms with van der Waals surface area (Å²) in [7, 11) is 0. The highest BCUT2D eigenvalue weighted by molar-refractivity contribution is 5.51. The third-order valence-corrected chi connectivity index (χ3v) is 6.61. The average molecular weight is 331 g/mol. The lowest BCUT2D eigenvalue weighted by atomic mass is 9.78. The summed E-state index contributed by atoms with van der Waals surface area (Å²) < 4.78 is 5.67. The molecule has 2 aliphatic rings. The summed E-state index contributed by atoms with van der Waals surface area (Å²) in [5.41, 5.74) is 9.10. The highest BCUT2D eigenvalue weighted by atomic mass is 16.5. The normalized spacial score (nSPS) is 21.9. The van der Waals surface area contributed by atoms with Gasteiger partial charge in [0.05, 0.1) is 0 Å². The average Bonchev–Trinajstić information content (AvgIpc) is 2.63. The first kappa shape index (κ1) is 17.9. The number of hydrogen-bond donors (Lipinski definition) is 1. The monoisotopic (exact) mass is 330 g/mol. The molecular weight excluding hydrogens is 296 g/mol. The van der Waals surface area contributed by atoms with Gasteiger partial charge in [-0.25, -0.2) is 0 Å². The Morgan fingerprint density at radius 2 is 1.33 bits per heavy atom. The fraction of sp³-hybridized carbons (Fsp3) is 0.714. The molecule has 0 unspecified atom stereocenters. The van der Waals surface area contributed by atoms with Gasteiger partial charge >= 0.3 is 0 Å². The summed E-state index contributed by atoms with van der Waals surface area (Å²) >= 11 is 0. The summed E-state index contributed by atoms with van der Waals surface area (Å²) in [4.78, 5) is 2.75. The molecule has 24 heavy (non-hydrogen) atoms. The molecule has 1 N–H and O–H groups in total. The van der Waals surface area contributed by atoms with Crippen LogP contribution in [0.5, 0.6) is 0 Å². The van der Waals surface area contributed by atoms with Crippen LogP contribution >= 0.6 is 0 Å². The second kappa shape index (κ2) is 7.55. The van der Waals surface area contributed by atoms with Gasteiger partial charge in [-0.2, -0.15) is 0 Å². The predicted molar refractivity (Wildman–Crippen MR) is 101 cm³/mol. The third-order valence-electron chi connectivity index (χ3n) is 6.61. The molecule has 0 radical (unpaired) electrons. The van der Waals surface area contributed by atoms with Crippen molar-refractivity contribution in [3.05, 3.63) is 33.4 Å². The Hall–Kier alpha value is -0.900. The summed E-state index contributed by atoms with van der Waals surface area (Å²) in [6.07, 6.45) is 2.39. The van der Waals surface area contributed by atoms with Crippen LogP contribution in [-0.2, 0) is 4.74 Å². The van der Waals surface area contributed by atoms with Crippen LogP contribution in [0.2, 0.25) is 0 Å². The Morgan fingerprint density at radius 1 is 0.833 bits per heavy atom. The summed E-state index contributed by atoms with van der Waals surface area (Å²) in [6, 6.07) is 0.550. The molecule has 2 fully saturated rings. The molecule has 0 saturated carbocycles. The van der Waals surface area contributed by atoms with Gasteiger partial charge in [0, 0.05) is 45.4 Å². The van der Waals surface area contributed by atoms with Gasteiger partial charge in [-0.1, -0.05) is 0 Å². The van der Waals surface area contributed by atoms with Crippen LogP contribution in [0, 0.1) is 40.5 Å². The zero-order chi connectivity index (χ0) is 17.3. The first-order valence-corrected chi connectivity index (χ1v) is 9.61. The van der Waals surface area contributed by atoms with Crippen molar-refractivity contribution in [1.29, 1.82) is 0 Å². The maximum Gasteiger partial charge on any atom is 0.0469 e. The molecule has 0 aromatic heterocycles. The van der Waals surface area contributed by atoms with Crippen LogP contribution in [0.25, 0.3) is 0 Å². The van der Waals surface area contributed by atoms with Crippen molar-refractivity contribution in [3.63, 3.8) is 0 Å². The van der Waals surface area contributed by atoms with Crippen LogP contribution in [0.15, 0.2) is 0 Å². The summed E-state index contributed by atoms with van der Waals surface area (Å²) in [6.45, 7) is 18.0. The SMILES string of the molecule is Cc1c(C)c(C)c([C@@H](C2CCOCC2)N2CCNCC2)c(C)c1C. The molecule has 2 heterocycles. The number of hydrogen-bond acceptors (Lipinski definition) is 3. The topological polar surface area (TPSA) is 24.5 Å². The zero-order valence-corrected chi connectivity index (χ0v) is 16.2. The van der Waals surface area contributed by atoms with E-state index in [0.29, 0.717) is 6.04 Å². The minimum Gasteiger partial charge on any atom is -0.381 e. The second-order valence-electron chi connectivity index (χ2n) is 7.72. The van der Waals surface area contributed by atoms with E-state index in [4.69, 9.17) is 4.74 Å². The highest BCUT2D eigenvalue weighted by Crippen LogP contribution is 2.40. The largest absolute Gasteiger partial charge is 0.381 e. The quantitative estimate of drug-likeness (QED) is 0.916. The standard InChI is InChI=1S/C21H34N2O/c1-14-15(2)17(4)20(18(5)16(14)3)21(19-6-12-24-13-7-19)23-10-8-22-9-11-23/h19,21-22H,6-13H2,1-5H3/t21-/m1/s1. The lowest BCUT2D eigenvalue weighted by Crippen LogP contribution is -2.48. The van der Waals surface area contributed by atoms with Crippen molar-refractivity contribution >= 4 is 0 Å². The van der Waals surface area contributed by atoms with E-state index in [9.17, 15) is 0 Å².